The number of carbonyl (C=O) groups excluding carboxylic acids is 1. The van der Waals surface area contributed by atoms with Crippen molar-refractivity contribution in [1.29, 1.82) is 0 Å². The first-order valence-electron chi connectivity index (χ1n) is 4.70. The summed E-state index contributed by atoms with van der Waals surface area (Å²) >= 11 is 0. The molecule has 0 saturated heterocycles. The lowest BCUT2D eigenvalue weighted by Crippen LogP contribution is -2.33. The molecule has 14 heavy (non-hydrogen) atoms. The molecule has 1 unspecified atom stereocenters. The number of aryl methyl sites for hydroxylation is 1. The van der Waals surface area contributed by atoms with Gasteiger partial charge in [0.05, 0.1) is 18.1 Å². The third kappa shape index (κ3) is 1.40. The number of hydrogen-bond donors (Lipinski definition) is 1. The van der Waals surface area contributed by atoms with Crippen LogP contribution in [0.1, 0.15) is 15.9 Å². The van der Waals surface area contributed by atoms with Crippen LogP contribution in [-0.4, -0.2) is 18.9 Å². The van der Waals surface area contributed by atoms with Gasteiger partial charge in [0.15, 0.2) is 5.78 Å². The van der Waals surface area contributed by atoms with Gasteiger partial charge in [-0.05, 0) is 19.1 Å². The summed E-state index contributed by atoms with van der Waals surface area (Å²) in [5, 5.41) is 0. The normalized spacial score (nSPS) is 20.1. The molecule has 3 heteroatoms. The van der Waals surface area contributed by atoms with Crippen LogP contribution in [0.15, 0.2) is 18.2 Å². The van der Waals surface area contributed by atoms with Crippen LogP contribution in [0.25, 0.3) is 0 Å². The van der Waals surface area contributed by atoms with Gasteiger partial charge in [0.25, 0.3) is 0 Å². The van der Waals surface area contributed by atoms with E-state index >= 15 is 0 Å². The van der Waals surface area contributed by atoms with Crippen LogP contribution >= 0.6 is 0 Å². The molecule has 0 fully saturated rings. The smallest absolute Gasteiger partial charge is 0.174 e. The van der Waals surface area contributed by atoms with Crippen LogP contribution in [0.4, 0.5) is 0 Å². The Morgan fingerprint density at radius 1 is 1.57 bits per heavy atom. The number of nitrogens with two attached hydrogens (primary N) is 1. The van der Waals surface area contributed by atoms with E-state index in [4.69, 9.17) is 10.5 Å². The predicted octanol–water partition coefficient (Wildman–Crippen LogP) is 1.15. The number of carbonyl (C=O) groups is 1. The Morgan fingerprint density at radius 3 is 3.07 bits per heavy atom. The second kappa shape index (κ2) is 3.42. The third-order valence-corrected chi connectivity index (χ3v) is 2.50. The highest BCUT2D eigenvalue weighted by atomic mass is 16.5. The van der Waals surface area contributed by atoms with E-state index < -0.39 is 0 Å². The minimum Gasteiger partial charge on any atom is -0.492 e. The molecule has 0 bridgehead atoms. The van der Waals surface area contributed by atoms with Crippen molar-refractivity contribution in [3.8, 4) is 5.75 Å². The van der Waals surface area contributed by atoms with Crippen LogP contribution in [0.2, 0.25) is 0 Å². The van der Waals surface area contributed by atoms with Gasteiger partial charge in [-0.2, -0.15) is 0 Å². The summed E-state index contributed by atoms with van der Waals surface area (Å²) in [6.07, 6.45) is 0. The Bertz CT molecular complexity index is 374. The molecule has 2 rings (SSSR count). The predicted molar refractivity (Wildman–Crippen MR) is 53.5 cm³/mol. The van der Waals surface area contributed by atoms with Crippen molar-refractivity contribution in [1.82, 2.24) is 0 Å². The molecule has 0 aliphatic carbocycles. The minimum atomic E-state index is -0.177. The maximum absolute atomic E-state index is 11.8. The van der Waals surface area contributed by atoms with Crippen LogP contribution in [-0.2, 0) is 0 Å². The summed E-state index contributed by atoms with van der Waals surface area (Å²) in [5.74, 6) is 0.618. The molecule has 0 amide bonds. The van der Waals surface area contributed by atoms with Crippen molar-refractivity contribution < 1.29 is 9.53 Å². The van der Waals surface area contributed by atoms with Gasteiger partial charge < -0.3 is 10.5 Å². The molecule has 0 radical (unpaired) electrons. The van der Waals surface area contributed by atoms with Crippen LogP contribution in [0, 0.1) is 12.8 Å². The molecular formula is C11H13NO2. The summed E-state index contributed by atoms with van der Waals surface area (Å²) < 4.78 is 5.45. The summed E-state index contributed by atoms with van der Waals surface area (Å²) in [6.45, 7) is 2.72. The summed E-state index contributed by atoms with van der Waals surface area (Å²) in [5.41, 5.74) is 7.23. The lowest BCUT2D eigenvalue weighted by molar-refractivity contribution is 0.0839. The Hall–Kier alpha value is -1.35. The molecular weight excluding hydrogens is 178 g/mol. The molecule has 0 saturated carbocycles. The Kier molecular flexibility index (Phi) is 2.25. The van der Waals surface area contributed by atoms with E-state index in [1.165, 1.54) is 0 Å². The second-order valence-electron chi connectivity index (χ2n) is 3.61. The molecule has 1 aliphatic rings. The van der Waals surface area contributed by atoms with Gasteiger partial charge in [0, 0.05) is 6.54 Å². The van der Waals surface area contributed by atoms with E-state index in [1.54, 1.807) is 0 Å². The van der Waals surface area contributed by atoms with E-state index in [2.05, 4.69) is 0 Å². The maximum Gasteiger partial charge on any atom is 0.174 e. The minimum absolute atomic E-state index is 0.109. The topological polar surface area (TPSA) is 52.3 Å². The van der Waals surface area contributed by atoms with Gasteiger partial charge in [-0.15, -0.1) is 0 Å². The summed E-state index contributed by atoms with van der Waals surface area (Å²) in [6, 6.07) is 5.64. The fourth-order valence-electron chi connectivity index (χ4n) is 1.62. The van der Waals surface area contributed by atoms with Gasteiger partial charge in [-0.3, -0.25) is 4.79 Å². The van der Waals surface area contributed by atoms with Crippen molar-refractivity contribution in [2.75, 3.05) is 13.2 Å². The SMILES string of the molecule is Cc1ccc2c(c1)C(=O)C(CN)CO2. The number of ketones is 1. The lowest BCUT2D eigenvalue weighted by atomic mass is 9.94. The fourth-order valence-corrected chi connectivity index (χ4v) is 1.62. The number of ether oxygens (including phenoxy) is 1. The first kappa shape index (κ1) is 9.21. The second-order valence-corrected chi connectivity index (χ2v) is 3.61. The zero-order chi connectivity index (χ0) is 10.1. The van der Waals surface area contributed by atoms with Crippen LogP contribution < -0.4 is 10.5 Å². The molecule has 74 valence electrons. The summed E-state index contributed by atoms with van der Waals surface area (Å²) in [4.78, 5) is 11.8. The molecule has 1 atom stereocenters. The number of fused-ring (bicyclic) bond motifs is 1. The Labute approximate surface area is 82.9 Å². The molecule has 0 spiro atoms. The van der Waals surface area contributed by atoms with Gasteiger partial charge in [-0.1, -0.05) is 11.6 Å². The zero-order valence-corrected chi connectivity index (χ0v) is 8.12. The quantitative estimate of drug-likeness (QED) is 0.724. The average molecular weight is 191 g/mol. The number of hydrogen-bond acceptors (Lipinski definition) is 3. The first-order valence-corrected chi connectivity index (χ1v) is 4.70. The van der Waals surface area contributed by atoms with Crippen LogP contribution in [0.3, 0.4) is 0 Å². The monoisotopic (exact) mass is 191 g/mol. The van der Waals surface area contributed by atoms with E-state index in [9.17, 15) is 4.79 Å². The maximum atomic E-state index is 11.8. The highest BCUT2D eigenvalue weighted by molar-refractivity contribution is 6.01. The van der Waals surface area contributed by atoms with Crippen LogP contribution in [0.5, 0.6) is 5.75 Å². The third-order valence-electron chi connectivity index (χ3n) is 2.50. The van der Waals surface area contributed by atoms with Gasteiger partial charge in [0.1, 0.15) is 5.75 Å². The van der Waals surface area contributed by atoms with E-state index in [1.807, 2.05) is 25.1 Å². The highest BCUT2D eigenvalue weighted by Gasteiger charge is 2.27. The van der Waals surface area contributed by atoms with E-state index in [0.717, 1.165) is 5.56 Å². The molecule has 1 aliphatic heterocycles. The molecule has 1 aromatic rings. The molecule has 3 nitrogen and oxygen atoms in total. The van der Waals surface area contributed by atoms with Crippen molar-refractivity contribution in [3.05, 3.63) is 29.3 Å². The Balaban J connectivity index is 2.43. The number of Topliss-reactive ketones (excluding diaryl/α,β-unsaturated/α-hetero) is 1. The summed E-state index contributed by atoms with van der Waals surface area (Å²) in [7, 11) is 0. The van der Waals surface area contributed by atoms with Gasteiger partial charge in [-0.25, -0.2) is 0 Å². The van der Waals surface area contributed by atoms with Crippen molar-refractivity contribution in [2.45, 2.75) is 6.92 Å². The number of rotatable bonds is 1. The molecule has 0 aromatic heterocycles. The molecule has 1 aromatic carbocycles. The largest absolute Gasteiger partial charge is 0.492 e. The Morgan fingerprint density at radius 2 is 2.36 bits per heavy atom. The van der Waals surface area contributed by atoms with E-state index in [0.29, 0.717) is 24.5 Å². The lowest BCUT2D eigenvalue weighted by Gasteiger charge is -2.23. The van der Waals surface area contributed by atoms with Crippen molar-refractivity contribution in [2.24, 2.45) is 11.7 Å². The zero-order valence-electron chi connectivity index (χ0n) is 8.12. The standard InChI is InChI=1S/C11H13NO2/c1-7-2-3-10-9(4-7)11(13)8(5-12)6-14-10/h2-4,8H,5-6,12H2,1H3. The highest BCUT2D eigenvalue weighted by Crippen LogP contribution is 2.27. The average Bonchev–Trinajstić information content (AvgIpc) is 2.20. The number of benzene rings is 1. The van der Waals surface area contributed by atoms with E-state index in [-0.39, 0.29) is 11.7 Å². The molecule has 1 heterocycles. The van der Waals surface area contributed by atoms with Gasteiger partial charge >= 0.3 is 0 Å². The van der Waals surface area contributed by atoms with Gasteiger partial charge in [0.2, 0.25) is 0 Å². The van der Waals surface area contributed by atoms with Crippen molar-refractivity contribution in [3.63, 3.8) is 0 Å². The van der Waals surface area contributed by atoms with Crippen molar-refractivity contribution >= 4 is 5.78 Å². The molecule has 2 N–H and O–H groups in total. The first-order chi connectivity index (χ1) is 6.72. The fraction of sp³-hybridized carbons (Fsp3) is 0.364.